The molecule has 21 heavy (non-hydrogen) atoms. The molecule has 0 saturated heterocycles. The third kappa shape index (κ3) is 4.17. The van der Waals surface area contributed by atoms with E-state index in [0.717, 1.165) is 0 Å². The molecule has 0 spiro atoms. The number of nitrogens with one attached hydrogen (secondary N) is 2. The normalized spacial score (nSPS) is 11.4. The summed E-state index contributed by atoms with van der Waals surface area (Å²) in [5.41, 5.74) is 0.584. The lowest BCUT2D eigenvalue weighted by molar-refractivity contribution is -0.163. The van der Waals surface area contributed by atoms with Gasteiger partial charge in [-0.3, -0.25) is 9.59 Å². The van der Waals surface area contributed by atoms with Crippen LogP contribution in [0, 0.1) is 6.92 Å². The third-order valence-electron chi connectivity index (χ3n) is 2.67. The summed E-state index contributed by atoms with van der Waals surface area (Å²) in [4.78, 5) is 22.4. The summed E-state index contributed by atoms with van der Waals surface area (Å²) >= 11 is 0. The van der Waals surface area contributed by atoms with Gasteiger partial charge >= 0.3 is 18.3 Å². The van der Waals surface area contributed by atoms with Crippen LogP contribution in [0.15, 0.2) is 18.2 Å². The average molecular weight is 306 g/mol. The van der Waals surface area contributed by atoms with Crippen molar-refractivity contribution < 1.29 is 27.2 Å². The molecule has 116 valence electrons. The Hall–Kier alpha value is -2.12. The maximum atomic E-state index is 12.9. The molecule has 1 aromatic rings. The van der Waals surface area contributed by atoms with Gasteiger partial charge in [-0.25, -0.2) is 8.78 Å². The highest BCUT2D eigenvalue weighted by molar-refractivity contribution is 5.98. The van der Waals surface area contributed by atoms with Crippen molar-refractivity contribution in [1.29, 1.82) is 0 Å². The zero-order chi connectivity index (χ0) is 16.2. The minimum atomic E-state index is -4.78. The van der Waals surface area contributed by atoms with Crippen molar-refractivity contribution in [3.8, 4) is 0 Å². The molecule has 0 atom stereocenters. The van der Waals surface area contributed by atoms with E-state index in [1.54, 1.807) is 12.2 Å². The van der Waals surface area contributed by atoms with E-state index in [1.165, 1.54) is 25.1 Å². The maximum Gasteiger partial charge on any atom is 0.383 e. The molecule has 0 unspecified atom stereocenters. The van der Waals surface area contributed by atoms with Gasteiger partial charge in [0.25, 0.3) is 0 Å². The molecule has 1 aromatic carbocycles. The van der Waals surface area contributed by atoms with Crippen molar-refractivity contribution in [2.24, 2.45) is 0 Å². The van der Waals surface area contributed by atoms with Crippen molar-refractivity contribution in [3.05, 3.63) is 23.8 Å². The number of hydrogen-bond donors (Lipinski definition) is 2. The van der Waals surface area contributed by atoms with Crippen molar-refractivity contribution >= 4 is 23.2 Å². The first-order valence-corrected chi connectivity index (χ1v) is 6.06. The first-order chi connectivity index (χ1) is 9.68. The minimum Gasteiger partial charge on any atom is -0.326 e. The number of aryl methyl sites for hydroxylation is 1. The van der Waals surface area contributed by atoms with E-state index in [9.17, 15) is 27.2 Å². The van der Waals surface area contributed by atoms with Gasteiger partial charge in [0.15, 0.2) is 0 Å². The van der Waals surface area contributed by atoms with Crippen LogP contribution in [0.25, 0.3) is 0 Å². The molecular formula is C13H14F4N2O2. The van der Waals surface area contributed by atoms with E-state index in [0.29, 0.717) is 5.56 Å². The van der Waals surface area contributed by atoms with Gasteiger partial charge in [-0.1, -0.05) is 13.0 Å². The van der Waals surface area contributed by atoms with Crippen LogP contribution < -0.4 is 10.6 Å². The molecule has 8 heteroatoms. The number of hydrogen-bond acceptors (Lipinski definition) is 2. The summed E-state index contributed by atoms with van der Waals surface area (Å²) in [7, 11) is 0. The largest absolute Gasteiger partial charge is 0.383 e. The zero-order valence-corrected chi connectivity index (χ0v) is 11.3. The maximum absolute atomic E-state index is 12.9. The highest BCUT2D eigenvalue weighted by Gasteiger charge is 2.49. The standard InChI is InChI=1S/C13H14F4N2O2/c1-3-10(20)18-8-5-4-7(2)9(6-8)19-12(21)13(16,17)11(14)15/h4-6,11H,3H2,1-2H3,(H,18,20)(H,19,21). The zero-order valence-electron chi connectivity index (χ0n) is 11.3. The Morgan fingerprint density at radius 3 is 2.38 bits per heavy atom. The molecule has 2 amide bonds. The van der Waals surface area contributed by atoms with E-state index in [1.807, 2.05) is 0 Å². The molecule has 0 heterocycles. The molecular weight excluding hydrogens is 292 g/mol. The quantitative estimate of drug-likeness (QED) is 0.821. The SMILES string of the molecule is CCC(=O)Nc1ccc(C)c(NC(=O)C(F)(F)C(F)F)c1. The van der Waals surface area contributed by atoms with Gasteiger partial charge < -0.3 is 10.6 Å². The van der Waals surface area contributed by atoms with Gasteiger partial charge in [-0.15, -0.1) is 0 Å². The van der Waals surface area contributed by atoms with Gasteiger partial charge in [-0.2, -0.15) is 8.78 Å². The Bertz CT molecular complexity index is 547. The molecule has 0 saturated carbocycles. The Morgan fingerprint density at radius 2 is 1.86 bits per heavy atom. The number of halogens is 4. The summed E-state index contributed by atoms with van der Waals surface area (Å²) in [6.45, 7) is 3.12. The van der Waals surface area contributed by atoms with Crippen LogP contribution in [0.2, 0.25) is 0 Å². The summed E-state index contributed by atoms with van der Waals surface area (Å²) in [6, 6.07) is 4.19. The van der Waals surface area contributed by atoms with Crippen molar-refractivity contribution in [1.82, 2.24) is 0 Å². The van der Waals surface area contributed by atoms with Crippen LogP contribution in [0.3, 0.4) is 0 Å². The van der Waals surface area contributed by atoms with E-state index in [-0.39, 0.29) is 23.7 Å². The van der Waals surface area contributed by atoms with E-state index in [4.69, 9.17) is 0 Å². The monoisotopic (exact) mass is 306 g/mol. The number of anilines is 2. The third-order valence-corrected chi connectivity index (χ3v) is 2.67. The molecule has 0 aliphatic rings. The molecule has 0 aromatic heterocycles. The Morgan fingerprint density at radius 1 is 1.24 bits per heavy atom. The predicted octanol–water partition coefficient (Wildman–Crippen LogP) is 3.18. The predicted molar refractivity (Wildman–Crippen MR) is 69.7 cm³/mol. The van der Waals surface area contributed by atoms with Crippen LogP contribution in [0.1, 0.15) is 18.9 Å². The summed E-state index contributed by atoms with van der Waals surface area (Å²) in [6.07, 6.45) is -3.89. The fourth-order valence-electron chi connectivity index (χ4n) is 1.39. The molecule has 0 bridgehead atoms. The molecule has 0 aliphatic carbocycles. The molecule has 0 fully saturated rings. The lowest BCUT2D eigenvalue weighted by Gasteiger charge is -2.16. The van der Waals surface area contributed by atoms with Gasteiger partial charge in [0.1, 0.15) is 0 Å². The highest BCUT2D eigenvalue weighted by atomic mass is 19.3. The number of carbonyl (C=O) groups excluding carboxylic acids is 2. The van der Waals surface area contributed by atoms with Crippen molar-refractivity contribution in [2.75, 3.05) is 10.6 Å². The second-order valence-electron chi connectivity index (χ2n) is 4.31. The number of benzene rings is 1. The van der Waals surface area contributed by atoms with Crippen LogP contribution >= 0.6 is 0 Å². The number of carbonyl (C=O) groups is 2. The highest BCUT2D eigenvalue weighted by Crippen LogP contribution is 2.27. The van der Waals surface area contributed by atoms with Gasteiger partial charge in [0.2, 0.25) is 5.91 Å². The number of alkyl halides is 4. The van der Waals surface area contributed by atoms with Crippen molar-refractivity contribution in [2.45, 2.75) is 32.6 Å². The summed E-state index contributed by atoms with van der Waals surface area (Å²) in [5.74, 6) is -7.19. The Labute approximate surface area is 118 Å². The topological polar surface area (TPSA) is 58.2 Å². The molecule has 0 aliphatic heterocycles. The second kappa shape index (κ2) is 6.55. The Kier molecular flexibility index (Phi) is 5.28. The van der Waals surface area contributed by atoms with Crippen LogP contribution in [-0.2, 0) is 9.59 Å². The fraction of sp³-hybridized carbons (Fsp3) is 0.385. The van der Waals surface area contributed by atoms with Gasteiger partial charge in [-0.05, 0) is 24.6 Å². The summed E-state index contributed by atoms with van der Waals surface area (Å²) in [5, 5.41) is 4.21. The molecule has 0 radical (unpaired) electrons. The number of amides is 2. The van der Waals surface area contributed by atoms with Crippen LogP contribution in [0.4, 0.5) is 28.9 Å². The number of rotatable bonds is 5. The Balaban J connectivity index is 2.95. The first-order valence-electron chi connectivity index (χ1n) is 6.06. The van der Waals surface area contributed by atoms with E-state index >= 15 is 0 Å². The van der Waals surface area contributed by atoms with E-state index in [2.05, 4.69) is 5.32 Å². The lowest BCUT2D eigenvalue weighted by atomic mass is 10.1. The van der Waals surface area contributed by atoms with Crippen LogP contribution in [0.5, 0.6) is 0 Å². The summed E-state index contributed by atoms with van der Waals surface area (Å²) < 4.78 is 50.0. The molecule has 1 rings (SSSR count). The van der Waals surface area contributed by atoms with E-state index < -0.39 is 18.3 Å². The lowest BCUT2D eigenvalue weighted by Crippen LogP contribution is -2.41. The average Bonchev–Trinajstić information content (AvgIpc) is 2.41. The van der Waals surface area contributed by atoms with Gasteiger partial charge in [0, 0.05) is 17.8 Å². The smallest absolute Gasteiger partial charge is 0.326 e. The van der Waals surface area contributed by atoms with Gasteiger partial charge in [0.05, 0.1) is 0 Å². The first kappa shape index (κ1) is 16.9. The van der Waals surface area contributed by atoms with Crippen molar-refractivity contribution in [3.63, 3.8) is 0 Å². The molecule has 2 N–H and O–H groups in total. The second-order valence-corrected chi connectivity index (χ2v) is 4.31. The fourth-order valence-corrected chi connectivity index (χ4v) is 1.39. The van der Waals surface area contributed by atoms with Crippen LogP contribution in [-0.4, -0.2) is 24.2 Å². The molecule has 4 nitrogen and oxygen atoms in total. The minimum absolute atomic E-state index is 0.0748.